The molecule has 15 atom stereocenters. The molecule has 0 saturated carbocycles. The van der Waals surface area contributed by atoms with Crippen molar-refractivity contribution in [1.29, 1.82) is 10.8 Å². The normalized spacial score (nSPS) is 26.0. The largest absolute Gasteiger partial charge is 0.481 e. The number of carbonyl (C=O) groups is 18. The van der Waals surface area contributed by atoms with Gasteiger partial charge in [0, 0.05) is 96.0 Å². The predicted octanol–water partition coefficient (Wildman–Crippen LogP) is -11.1. The minimum atomic E-state index is -2.16. The lowest BCUT2D eigenvalue weighted by molar-refractivity contribution is -0.142. The van der Waals surface area contributed by atoms with E-state index in [4.69, 9.17) is 39.5 Å². The van der Waals surface area contributed by atoms with Crippen LogP contribution in [0.2, 0.25) is 0 Å². The Morgan fingerprint density at radius 1 is 0.480 bits per heavy atom. The van der Waals surface area contributed by atoms with E-state index in [2.05, 4.69) is 100 Å². The number of hydrogen-bond acceptors (Lipinski definition) is 31. The van der Waals surface area contributed by atoms with E-state index >= 15 is 9.59 Å². The molecule has 688 valence electrons. The Hall–Kier alpha value is -11.1. The molecule has 3 aromatic rings. The number of nitrogens with two attached hydrogens (primary N) is 5. The zero-order chi connectivity index (χ0) is 92.0. The highest BCUT2D eigenvalue weighted by atomic mass is 33.1. The Balaban J connectivity index is 1.60. The first kappa shape index (κ1) is 103. The molecule has 1 aromatic carbocycles. The standard InChI is InChI=1S/C70H105N27O22S6/c1-2-3-14-97-21-52(102)83-39(15-32-19-81-36-9-5-4-8-34(32)36)58(109)95-48-28-122-120-25-35(71)55(106)93-47-27-124-125-30-50(67(118)92-46(54(73)105)26-121-123-29-49(96-60(111)41(17-51(72)101)87-65(47)116)66(117)90-44(23-99)63(114)91-45(24-100)68(97)119)94-57(108)38(11-7-13-80-70(76)77)84-62(113)43(22-98)89-59(110)40(16-33-20-78-31-82-33)86-61(112)42(18-53(103)104)88-56(107)37(85-64(48)115)10-6-12-79-69(74)75/h4-5,8-9,19-20,31,35,37-50,81,98-100H,2-3,6-7,10-18,21-30,71H2,1H3,(H2,72,101)(H2,73,105)(H,78,82)(H,83,102)(H,84,113)(H,85,115)(H,86,112)(H,87,116)(H,88,107)(H,89,110)(H,90,117)(H,91,114)(H,92,118)(H,93,106)(H,94,108)(H,95,109)(H,96,111)(H,103,104)(H4,74,75,79)(H4,76,77,80)/t35-,37-,38-,39-,40-,41-,42-,43-,44-,45-,46-,47-,48-,49-,50-/m0/s1. The van der Waals surface area contributed by atoms with Gasteiger partial charge in [-0.3, -0.25) is 97.1 Å². The van der Waals surface area contributed by atoms with E-state index in [0.29, 0.717) is 44.5 Å². The van der Waals surface area contributed by atoms with E-state index in [1.54, 1.807) is 31.2 Å². The second kappa shape index (κ2) is 52.6. The number of aromatic amines is 2. The van der Waals surface area contributed by atoms with Gasteiger partial charge in [-0.1, -0.05) is 96.3 Å². The second-order valence-electron chi connectivity index (χ2n) is 28.4. The minimum Gasteiger partial charge on any atom is -0.481 e. The Kier molecular flexibility index (Phi) is 43.2. The third-order valence-electron chi connectivity index (χ3n) is 18.7. The lowest BCUT2D eigenvalue weighted by Gasteiger charge is -2.29. The number of H-pyrrole nitrogens is 2. The van der Waals surface area contributed by atoms with Crippen LogP contribution in [0.1, 0.15) is 69.5 Å². The summed E-state index contributed by atoms with van der Waals surface area (Å²) in [5.74, 6) is -26.8. The van der Waals surface area contributed by atoms with Crippen LogP contribution in [-0.2, 0) is 99.1 Å². The van der Waals surface area contributed by atoms with Crippen LogP contribution in [0.5, 0.6) is 0 Å². The molecule has 2 aromatic heterocycles. The van der Waals surface area contributed by atoms with Gasteiger partial charge in [-0.2, -0.15) is 0 Å². The number of aliphatic carboxylic acids is 1. The van der Waals surface area contributed by atoms with Crippen molar-refractivity contribution in [2.24, 2.45) is 28.7 Å². The van der Waals surface area contributed by atoms with Crippen LogP contribution in [0.25, 0.3) is 10.9 Å². The van der Waals surface area contributed by atoms with Gasteiger partial charge in [0.1, 0.15) is 84.6 Å². The molecule has 0 unspecified atom stereocenters. The SMILES string of the molecule is CCCCN1CC(=O)N[C@@H](Cc2c[nH]c3ccccc23)C(=O)N[C@H]2CSSC[C@H](N)C(=O)N[C@H]3CSSC[C@H](NC(=O)[C@H](CCCNC(=N)N)NC(=O)[C@H](CO)NC(=O)[C@H](Cc4cnc[nH]4)NC(=O)[C@H](CC(=O)O)NC(=O)[C@H](CCCNC(=N)N)NC2=O)C(=O)N[C@H](C(N)=O)CSSC[C@H](NC(=O)[C@H](CC(N)=O)NC3=O)C(=O)N[C@@H](CO)C(=O)N[C@@H](CO)C1=O. The van der Waals surface area contributed by atoms with Crippen LogP contribution in [-0.4, -0.2) is 330 Å². The molecular formula is C70H105N27O22S6. The molecular weight excluding hydrogens is 1760 g/mol. The Morgan fingerprint density at radius 3 is 1.41 bits per heavy atom. The molecule has 55 heteroatoms. The van der Waals surface area contributed by atoms with Gasteiger partial charge in [-0.05, 0) is 43.7 Å². The van der Waals surface area contributed by atoms with Gasteiger partial charge in [0.25, 0.3) is 0 Å². The summed E-state index contributed by atoms with van der Waals surface area (Å²) in [6, 6.07) is -21.5. The van der Waals surface area contributed by atoms with Crippen LogP contribution in [0.3, 0.4) is 0 Å². The van der Waals surface area contributed by atoms with Crippen molar-refractivity contribution in [3.63, 3.8) is 0 Å². The van der Waals surface area contributed by atoms with E-state index in [1.807, 2.05) is 0 Å². The van der Waals surface area contributed by atoms with Crippen molar-refractivity contribution in [2.45, 2.75) is 162 Å². The molecule has 3 fully saturated rings. The third kappa shape index (κ3) is 34.4. The molecule has 34 N–H and O–H groups in total. The highest BCUT2D eigenvalue weighted by Gasteiger charge is 2.41. The molecule has 3 aliphatic heterocycles. The fourth-order valence-electron chi connectivity index (χ4n) is 12.0. The number of para-hydroxylation sites is 1. The number of carbonyl (C=O) groups excluding carboxylic acids is 17. The first-order valence-electron chi connectivity index (χ1n) is 38.8. The topological polar surface area (TPSA) is 806 Å². The van der Waals surface area contributed by atoms with Gasteiger partial charge in [-0.15, -0.1) is 0 Å². The molecule has 49 nitrogen and oxygen atoms in total. The molecule has 0 aliphatic carbocycles. The first-order chi connectivity index (χ1) is 59.5. The van der Waals surface area contributed by atoms with Crippen molar-refractivity contribution in [3.05, 3.63) is 54.2 Å². The van der Waals surface area contributed by atoms with Crippen LogP contribution in [0.15, 0.2) is 43.0 Å². The van der Waals surface area contributed by atoms with Crippen LogP contribution < -0.4 is 114 Å². The van der Waals surface area contributed by atoms with E-state index in [9.17, 15) is 97.1 Å². The summed E-state index contributed by atoms with van der Waals surface area (Å²) >= 11 is 0. The van der Waals surface area contributed by atoms with Gasteiger partial charge in [0.05, 0.1) is 51.6 Å². The molecule has 3 aliphatic rings. The zero-order valence-corrected chi connectivity index (χ0v) is 72.2. The quantitative estimate of drug-likeness (QED) is 0.0181. The maximum absolute atomic E-state index is 15.4. The minimum absolute atomic E-state index is 0.109. The Labute approximate surface area is 737 Å². The van der Waals surface area contributed by atoms with Gasteiger partial charge in [0.2, 0.25) is 100 Å². The molecule has 4 bridgehead atoms. The van der Waals surface area contributed by atoms with Gasteiger partial charge in [0.15, 0.2) is 11.9 Å². The maximum Gasteiger partial charge on any atom is 0.305 e. The number of fused-ring (bicyclic) bond motifs is 17. The molecule has 125 heavy (non-hydrogen) atoms. The number of primary amides is 2. The van der Waals surface area contributed by atoms with Crippen LogP contribution >= 0.6 is 64.8 Å². The Bertz CT molecular complexity index is 4330. The van der Waals surface area contributed by atoms with Gasteiger partial charge >= 0.3 is 5.97 Å². The number of nitrogens with one attached hydrogen (secondary N) is 20. The number of carboxylic acids is 1. The summed E-state index contributed by atoms with van der Waals surface area (Å²) in [6.07, 6.45) is 0.219. The summed E-state index contributed by atoms with van der Waals surface area (Å²) in [5.41, 5.74) is 30.2. The smallest absolute Gasteiger partial charge is 0.305 e. The highest BCUT2D eigenvalue weighted by molar-refractivity contribution is 8.77. The number of carboxylic acid groups (broad SMARTS) is 1. The molecule has 6 rings (SSSR count). The average molecular weight is 1870 g/mol. The summed E-state index contributed by atoms with van der Waals surface area (Å²) in [5, 5.41) is 97.4. The molecule has 0 radical (unpaired) electrons. The number of guanidine groups is 2. The number of aromatic nitrogens is 3. The zero-order valence-electron chi connectivity index (χ0n) is 67.3. The van der Waals surface area contributed by atoms with Crippen molar-refractivity contribution in [2.75, 3.05) is 80.5 Å². The van der Waals surface area contributed by atoms with Crippen molar-refractivity contribution in [3.8, 4) is 0 Å². The summed E-state index contributed by atoms with van der Waals surface area (Å²) in [4.78, 5) is 271. The number of hydrogen-bond donors (Lipinski definition) is 29. The predicted molar refractivity (Wildman–Crippen MR) is 460 cm³/mol. The number of aliphatic hydroxyl groups is 3. The molecule has 17 amide bonds. The number of imidazole rings is 1. The lowest BCUT2D eigenvalue weighted by atomic mass is 10.0. The lowest BCUT2D eigenvalue weighted by Crippen LogP contribution is -2.62. The third-order valence-corrected chi connectivity index (χ3v) is 26.0. The average Bonchev–Trinajstić information content (AvgIpc) is 1.73. The Morgan fingerprint density at radius 2 is 0.896 bits per heavy atom. The number of unbranched alkanes of at least 4 members (excludes halogenated alkanes) is 1. The van der Waals surface area contributed by atoms with E-state index in [-0.39, 0.29) is 51.0 Å². The van der Waals surface area contributed by atoms with Gasteiger partial charge in [-0.25, -0.2) is 4.98 Å². The van der Waals surface area contributed by atoms with Crippen molar-refractivity contribution in [1.82, 2.24) is 105 Å². The fourth-order valence-corrected chi connectivity index (χ4v) is 19.0. The molecule has 3 saturated heterocycles. The van der Waals surface area contributed by atoms with Gasteiger partial charge < -0.3 is 149 Å². The number of aliphatic hydroxyl groups excluding tert-OH is 3. The highest BCUT2D eigenvalue weighted by Crippen LogP contribution is 2.28. The van der Waals surface area contributed by atoms with Crippen molar-refractivity contribution < 1.29 is 107 Å². The number of benzene rings is 1. The van der Waals surface area contributed by atoms with E-state index in [1.165, 1.54) is 18.7 Å². The monoisotopic (exact) mass is 1870 g/mol. The number of amides is 17. The summed E-state index contributed by atoms with van der Waals surface area (Å²) in [7, 11) is 4.44. The molecule has 5 heterocycles. The fraction of sp³-hybridized carbons (Fsp3) is 0.557. The molecule has 0 spiro atoms. The van der Waals surface area contributed by atoms with Crippen molar-refractivity contribution >= 4 is 194 Å². The van der Waals surface area contributed by atoms with Crippen LogP contribution in [0, 0.1) is 10.8 Å². The number of nitrogens with zero attached hydrogens (tertiary/aromatic N) is 2. The van der Waals surface area contributed by atoms with E-state index < -0.39 is 302 Å². The summed E-state index contributed by atoms with van der Waals surface area (Å²) < 4.78 is 0. The van der Waals surface area contributed by atoms with Crippen LogP contribution in [0.4, 0.5) is 0 Å². The first-order valence-corrected chi connectivity index (χ1v) is 46.3. The number of rotatable bonds is 23. The second-order valence-corrected chi connectivity index (χ2v) is 36.0. The summed E-state index contributed by atoms with van der Waals surface area (Å²) in [6.45, 7) is -3.45. The van der Waals surface area contributed by atoms with E-state index in [0.717, 1.165) is 48.1 Å². The maximum atomic E-state index is 15.4.